The summed E-state index contributed by atoms with van der Waals surface area (Å²) in [5, 5.41) is 26.4. The van der Waals surface area contributed by atoms with Crippen LogP contribution in [0.25, 0.3) is 0 Å². The highest BCUT2D eigenvalue weighted by atomic mass is 19.3. The standard InChI is InChI=1S/C43H62F4O5/c1-37-18-7-8-26(37)24-11-13-31-40(4,29(24)14-19-37)35(34(49)36(43(31,46)47)52-33-9-5-6-23-51-33)41(50)22-16-28-25-10-12-30-38(2,20-17-32(48)42(30,44)45)27(25)15-21-39(28,41)3/h13,24-30,33-36,49-50H,5-12,14-23H2,1-4H3/t24-,25+,26-,27+,28-,29+,30?,33?,34?,35?,36?,37-,38+,39-,40+,41?/m0/s1. The third kappa shape index (κ3) is 4.57. The van der Waals surface area contributed by atoms with Crippen LogP contribution in [0.3, 0.4) is 0 Å². The van der Waals surface area contributed by atoms with Gasteiger partial charge in [0.25, 0.3) is 5.92 Å². The second-order valence-corrected chi connectivity index (χ2v) is 20.5. The molecule has 16 atom stereocenters. The van der Waals surface area contributed by atoms with Crippen molar-refractivity contribution in [3.05, 3.63) is 11.6 Å². The molecule has 1 saturated heterocycles. The lowest BCUT2D eigenvalue weighted by Gasteiger charge is -2.67. The van der Waals surface area contributed by atoms with Crippen LogP contribution in [-0.2, 0) is 14.3 Å². The van der Waals surface area contributed by atoms with Crippen molar-refractivity contribution in [2.75, 3.05) is 6.61 Å². The lowest BCUT2D eigenvalue weighted by molar-refractivity contribution is -0.310. The largest absolute Gasteiger partial charge is 0.390 e. The molecule has 292 valence electrons. The Morgan fingerprint density at radius 3 is 2.27 bits per heavy atom. The quantitative estimate of drug-likeness (QED) is 0.223. The number of allylic oxidation sites excluding steroid dienone is 1. The van der Waals surface area contributed by atoms with Gasteiger partial charge < -0.3 is 19.7 Å². The van der Waals surface area contributed by atoms with Crippen molar-refractivity contribution in [1.29, 1.82) is 0 Å². The fraction of sp³-hybridized carbons (Fsp3) is 0.930. The zero-order valence-corrected chi connectivity index (χ0v) is 31.8. The second-order valence-electron chi connectivity index (χ2n) is 20.5. The molecule has 1 heterocycles. The minimum atomic E-state index is -3.43. The Kier molecular flexibility index (Phi) is 8.27. The van der Waals surface area contributed by atoms with Gasteiger partial charge in [0.1, 0.15) is 0 Å². The SMILES string of the molecule is C[C@@]12CCC[C@H]1[C@@H]1CC=C3C(F)(F)C(OC4CCCCO4)C(O)C(C4(O)CC[C@H]5[C@@H]6CCC7C(F)(F)C(=O)CC[C@]7(C)[C@@H]6CC[C@@]54C)[C@]3(C)[C@@H]1CC2. The number of hydrogen-bond acceptors (Lipinski definition) is 5. The van der Waals surface area contributed by atoms with Crippen molar-refractivity contribution in [2.45, 2.75) is 173 Å². The van der Waals surface area contributed by atoms with Gasteiger partial charge in [-0.15, -0.1) is 0 Å². The van der Waals surface area contributed by atoms with Gasteiger partial charge in [-0.2, -0.15) is 17.6 Å². The molecule has 7 saturated carbocycles. The Bertz CT molecular complexity index is 1490. The predicted octanol–water partition coefficient (Wildman–Crippen LogP) is 9.28. The Labute approximate surface area is 307 Å². The molecule has 0 aromatic heterocycles. The van der Waals surface area contributed by atoms with E-state index in [4.69, 9.17) is 9.47 Å². The van der Waals surface area contributed by atoms with Crippen LogP contribution < -0.4 is 0 Å². The molecule has 52 heavy (non-hydrogen) atoms. The van der Waals surface area contributed by atoms with Crippen LogP contribution in [0.5, 0.6) is 0 Å². The highest BCUT2D eigenvalue weighted by molar-refractivity contribution is 5.87. The highest BCUT2D eigenvalue weighted by Gasteiger charge is 2.77. The first-order chi connectivity index (χ1) is 24.4. The number of ketones is 1. The highest BCUT2D eigenvalue weighted by Crippen LogP contribution is 2.76. The molecule has 5 nitrogen and oxygen atoms in total. The van der Waals surface area contributed by atoms with Gasteiger partial charge in [-0.05, 0) is 148 Å². The van der Waals surface area contributed by atoms with E-state index in [1.165, 1.54) is 6.42 Å². The minimum absolute atomic E-state index is 0.00860. The first-order valence-electron chi connectivity index (χ1n) is 21.1. The number of carbonyl (C=O) groups is 1. The van der Waals surface area contributed by atoms with E-state index < -0.39 is 69.8 Å². The number of hydrogen-bond donors (Lipinski definition) is 2. The molecule has 0 radical (unpaired) electrons. The van der Waals surface area contributed by atoms with Crippen molar-refractivity contribution in [1.82, 2.24) is 0 Å². The number of Topliss-reactive ketones (excluding diaryl/α,β-unsaturated/α-hetero) is 1. The van der Waals surface area contributed by atoms with E-state index in [2.05, 4.69) is 13.8 Å². The van der Waals surface area contributed by atoms with Crippen LogP contribution in [0.15, 0.2) is 11.6 Å². The van der Waals surface area contributed by atoms with Gasteiger partial charge in [0.15, 0.2) is 12.4 Å². The molecule has 0 bridgehead atoms. The summed E-state index contributed by atoms with van der Waals surface area (Å²) >= 11 is 0. The Morgan fingerprint density at radius 2 is 1.52 bits per heavy atom. The summed E-state index contributed by atoms with van der Waals surface area (Å²) in [6, 6.07) is 0. The van der Waals surface area contributed by atoms with E-state index in [0.717, 1.165) is 38.5 Å². The number of aliphatic hydroxyl groups is 2. The third-order valence-corrected chi connectivity index (χ3v) is 18.9. The van der Waals surface area contributed by atoms with E-state index in [9.17, 15) is 15.0 Å². The minimum Gasteiger partial charge on any atom is -0.390 e. The molecule has 9 aliphatic rings. The van der Waals surface area contributed by atoms with Crippen molar-refractivity contribution in [3.63, 3.8) is 0 Å². The van der Waals surface area contributed by atoms with E-state index in [0.29, 0.717) is 63.9 Å². The molecular weight excluding hydrogens is 672 g/mol. The van der Waals surface area contributed by atoms with Crippen LogP contribution in [-0.4, -0.2) is 58.5 Å². The van der Waals surface area contributed by atoms with Gasteiger partial charge in [-0.25, -0.2) is 0 Å². The van der Waals surface area contributed by atoms with Crippen LogP contribution in [0.4, 0.5) is 17.6 Å². The molecule has 0 aromatic rings. The molecule has 0 spiro atoms. The van der Waals surface area contributed by atoms with Crippen LogP contribution in [0.1, 0.15) is 137 Å². The summed E-state index contributed by atoms with van der Waals surface area (Å²) < 4.78 is 77.6. The van der Waals surface area contributed by atoms with Gasteiger partial charge in [-0.1, -0.05) is 40.2 Å². The molecule has 0 amide bonds. The van der Waals surface area contributed by atoms with Gasteiger partial charge in [-0.3, -0.25) is 4.79 Å². The van der Waals surface area contributed by atoms with Crippen molar-refractivity contribution in [2.24, 2.45) is 69.0 Å². The van der Waals surface area contributed by atoms with E-state index in [1.54, 1.807) is 0 Å². The number of halogens is 4. The van der Waals surface area contributed by atoms with Gasteiger partial charge in [0.05, 0.1) is 11.7 Å². The molecule has 9 rings (SSSR count). The zero-order valence-electron chi connectivity index (χ0n) is 31.8. The van der Waals surface area contributed by atoms with Gasteiger partial charge >= 0.3 is 5.92 Å². The average Bonchev–Trinajstić information content (AvgIpc) is 3.62. The third-order valence-electron chi connectivity index (χ3n) is 18.9. The molecule has 8 fully saturated rings. The maximum Gasteiger partial charge on any atom is 0.308 e. The Morgan fingerprint density at radius 1 is 0.769 bits per heavy atom. The van der Waals surface area contributed by atoms with Gasteiger partial charge in [0.2, 0.25) is 5.78 Å². The first-order valence-corrected chi connectivity index (χ1v) is 21.1. The lowest BCUT2D eigenvalue weighted by atomic mass is 9.39. The number of rotatable bonds is 3. The lowest BCUT2D eigenvalue weighted by Crippen LogP contribution is -2.72. The van der Waals surface area contributed by atoms with Crippen LogP contribution in [0.2, 0.25) is 0 Å². The van der Waals surface area contributed by atoms with Crippen molar-refractivity contribution in [3.8, 4) is 0 Å². The molecule has 9 heteroatoms. The Balaban J connectivity index is 1.12. The predicted molar refractivity (Wildman–Crippen MR) is 187 cm³/mol. The number of fused-ring (bicyclic) bond motifs is 10. The normalized spacial score (nSPS) is 56.3. The smallest absolute Gasteiger partial charge is 0.308 e. The summed E-state index contributed by atoms with van der Waals surface area (Å²) in [6.45, 7) is 8.91. The summed E-state index contributed by atoms with van der Waals surface area (Å²) in [7, 11) is 0. The average molecular weight is 735 g/mol. The number of ether oxygens (including phenoxy) is 2. The monoisotopic (exact) mass is 734 g/mol. The Hall–Kier alpha value is -1.03. The molecule has 0 aromatic carbocycles. The molecule has 2 N–H and O–H groups in total. The van der Waals surface area contributed by atoms with Crippen molar-refractivity contribution < 1.29 is 42.0 Å². The zero-order chi connectivity index (χ0) is 36.9. The van der Waals surface area contributed by atoms with E-state index in [-0.39, 0.29) is 53.4 Å². The van der Waals surface area contributed by atoms with Crippen molar-refractivity contribution >= 4 is 5.78 Å². The maximum atomic E-state index is 17.3. The van der Waals surface area contributed by atoms with Gasteiger partial charge in [0, 0.05) is 35.9 Å². The molecule has 6 unspecified atom stereocenters. The maximum absolute atomic E-state index is 17.3. The number of alkyl halides is 4. The summed E-state index contributed by atoms with van der Waals surface area (Å²) in [4.78, 5) is 12.4. The number of carbonyl (C=O) groups excluding carboxylic acids is 1. The van der Waals surface area contributed by atoms with Crippen LogP contribution in [0, 0.1) is 69.0 Å². The van der Waals surface area contributed by atoms with E-state index in [1.807, 2.05) is 19.9 Å². The summed E-state index contributed by atoms with van der Waals surface area (Å²) in [6.07, 6.45) is 8.97. The second kappa shape index (κ2) is 11.8. The fourth-order valence-electron chi connectivity index (χ4n) is 16.5. The van der Waals surface area contributed by atoms with E-state index >= 15 is 17.6 Å². The number of aliphatic hydroxyl groups excluding tert-OH is 1. The molecular formula is C43H62F4O5. The summed E-state index contributed by atoms with van der Waals surface area (Å²) in [5.41, 5.74) is -3.73. The molecule has 8 aliphatic carbocycles. The fourth-order valence-corrected chi connectivity index (χ4v) is 16.5. The summed E-state index contributed by atoms with van der Waals surface area (Å²) in [5.74, 6) is -8.85. The first kappa shape index (κ1) is 36.6. The topological polar surface area (TPSA) is 76.0 Å². The van der Waals surface area contributed by atoms with Crippen LogP contribution >= 0.6 is 0 Å². The molecule has 1 aliphatic heterocycles.